The van der Waals surface area contributed by atoms with Crippen molar-refractivity contribution in [3.8, 4) is 0 Å². The summed E-state index contributed by atoms with van der Waals surface area (Å²) in [4.78, 5) is 44.8. The highest BCUT2D eigenvalue weighted by molar-refractivity contribution is 6.42. The van der Waals surface area contributed by atoms with Crippen LogP contribution >= 0.6 is 34.8 Å². The third-order valence-corrected chi connectivity index (χ3v) is 7.33. The van der Waals surface area contributed by atoms with E-state index < -0.39 is 18.0 Å². The van der Waals surface area contributed by atoms with Gasteiger partial charge in [0.05, 0.1) is 15.6 Å². The molecule has 1 fully saturated rings. The number of carbonyl (C=O) groups is 2. The number of pyridine rings is 1. The fraction of sp³-hybridized carbons (Fsp3) is 0.231. The third kappa shape index (κ3) is 6.80. The number of amides is 1. The van der Waals surface area contributed by atoms with Crippen LogP contribution < -0.4 is 10.5 Å². The molecule has 4 aromatic rings. The number of hydrogen-bond acceptors (Lipinski definition) is 5. The van der Waals surface area contributed by atoms with Gasteiger partial charge < -0.3 is 19.9 Å². The molecule has 9 nitrogen and oxygen atoms in total. The summed E-state index contributed by atoms with van der Waals surface area (Å²) in [5.74, 6) is -3.06. The zero-order valence-electron chi connectivity index (χ0n) is 21.3. The van der Waals surface area contributed by atoms with E-state index >= 15 is 0 Å². The van der Waals surface area contributed by atoms with Crippen molar-refractivity contribution in [2.24, 2.45) is 0 Å². The Balaban J connectivity index is 0.000000517. The number of anilines is 1. The molecule has 1 amide bonds. The van der Waals surface area contributed by atoms with Crippen LogP contribution in [-0.2, 0) is 11.2 Å². The smallest absolute Gasteiger partial charge is 0.475 e. The van der Waals surface area contributed by atoms with E-state index in [2.05, 4.69) is 9.97 Å². The maximum atomic E-state index is 14.7. The summed E-state index contributed by atoms with van der Waals surface area (Å²) in [5, 5.41) is 8.14. The number of aromatic nitrogens is 3. The minimum atomic E-state index is -5.08. The van der Waals surface area contributed by atoms with Crippen molar-refractivity contribution in [3.05, 3.63) is 97.0 Å². The van der Waals surface area contributed by atoms with Crippen molar-refractivity contribution in [2.75, 3.05) is 31.1 Å². The molecule has 1 aliphatic heterocycles. The van der Waals surface area contributed by atoms with E-state index in [4.69, 9.17) is 44.7 Å². The summed E-state index contributed by atoms with van der Waals surface area (Å²) in [5.41, 5.74) is 1.29. The van der Waals surface area contributed by atoms with E-state index in [9.17, 15) is 27.2 Å². The average Bonchev–Trinajstić information content (AvgIpc) is 3.26. The number of H-pyrrole nitrogens is 1. The van der Waals surface area contributed by atoms with E-state index in [0.29, 0.717) is 60.2 Å². The van der Waals surface area contributed by atoms with Gasteiger partial charge in [-0.3, -0.25) is 14.0 Å². The lowest BCUT2D eigenvalue weighted by Gasteiger charge is -2.35. The Morgan fingerprint density at radius 1 is 1.02 bits per heavy atom. The van der Waals surface area contributed by atoms with E-state index in [1.54, 1.807) is 33.7 Å². The number of carboxylic acid groups (broad SMARTS) is 1. The first kappa shape index (κ1) is 31.1. The summed E-state index contributed by atoms with van der Waals surface area (Å²) < 4.78 is 48.0. The number of rotatable bonds is 4. The molecule has 1 aromatic carbocycles. The fourth-order valence-corrected chi connectivity index (χ4v) is 4.96. The van der Waals surface area contributed by atoms with Crippen LogP contribution in [0.5, 0.6) is 0 Å². The van der Waals surface area contributed by atoms with Gasteiger partial charge in [-0.15, -0.1) is 0 Å². The van der Waals surface area contributed by atoms with Crippen molar-refractivity contribution < 1.29 is 32.3 Å². The number of benzene rings is 1. The van der Waals surface area contributed by atoms with Crippen molar-refractivity contribution in [3.63, 3.8) is 0 Å². The quantitative estimate of drug-likeness (QED) is 0.291. The van der Waals surface area contributed by atoms with Crippen LogP contribution in [0.15, 0.2) is 53.6 Å². The number of nitrogens with zero attached hydrogens (tertiary/aromatic N) is 4. The third-order valence-electron chi connectivity index (χ3n) is 6.28. The molecule has 0 aliphatic carbocycles. The van der Waals surface area contributed by atoms with Gasteiger partial charge in [-0.25, -0.2) is 14.2 Å². The molecule has 222 valence electrons. The first-order valence-electron chi connectivity index (χ1n) is 12.1. The predicted molar refractivity (Wildman–Crippen MR) is 148 cm³/mol. The van der Waals surface area contributed by atoms with Gasteiger partial charge >= 0.3 is 12.1 Å². The van der Waals surface area contributed by atoms with Crippen LogP contribution in [0.3, 0.4) is 0 Å². The zero-order valence-corrected chi connectivity index (χ0v) is 23.5. The molecule has 1 saturated heterocycles. The molecule has 0 atom stereocenters. The van der Waals surface area contributed by atoms with Gasteiger partial charge in [0.15, 0.2) is 0 Å². The summed E-state index contributed by atoms with van der Waals surface area (Å²) >= 11 is 18.7. The number of halogens is 7. The molecule has 5 rings (SSSR count). The molecular weight excluding hydrogens is 629 g/mol. The number of aromatic amines is 1. The molecule has 0 unspecified atom stereocenters. The number of fused-ring (bicyclic) bond motifs is 1. The second-order valence-corrected chi connectivity index (χ2v) is 10.2. The highest BCUT2D eigenvalue weighted by atomic mass is 35.5. The number of hydrogen-bond donors (Lipinski definition) is 2. The topological polar surface area (TPSA) is 111 Å². The molecule has 0 bridgehead atoms. The Kier molecular flexibility index (Phi) is 9.34. The van der Waals surface area contributed by atoms with Crippen LogP contribution in [0.4, 0.5) is 23.4 Å². The molecule has 42 heavy (non-hydrogen) atoms. The molecule has 0 radical (unpaired) electrons. The largest absolute Gasteiger partial charge is 0.490 e. The Bertz CT molecular complexity index is 1700. The maximum Gasteiger partial charge on any atom is 0.490 e. The zero-order chi connectivity index (χ0) is 30.8. The van der Waals surface area contributed by atoms with E-state index in [0.717, 1.165) is 0 Å². The molecule has 2 N–H and O–H groups in total. The Morgan fingerprint density at radius 3 is 2.31 bits per heavy atom. The summed E-state index contributed by atoms with van der Waals surface area (Å²) in [6.45, 7) is 1.89. The first-order valence-corrected chi connectivity index (χ1v) is 13.2. The van der Waals surface area contributed by atoms with E-state index in [1.165, 1.54) is 24.4 Å². The van der Waals surface area contributed by atoms with Gasteiger partial charge in [0.2, 0.25) is 0 Å². The molecule has 3 aromatic heterocycles. The second kappa shape index (κ2) is 12.6. The number of carbonyl (C=O) groups excluding carboxylic acids is 1. The monoisotopic (exact) mass is 647 g/mol. The van der Waals surface area contributed by atoms with E-state index in [1.807, 2.05) is 4.90 Å². The molecule has 16 heteroatoms. The van der Waals surface area contributed by atoms with Crippen LogP contribution in [-0.4, -0.2) is 68.6 Å². The minimum absolute atomic E-state index is 0.0101. The number of aliphatic carboxylic acids is 1. The fourth-order valence-electron chi connectivity index (χ4n) is 4.28. The summed E-state index contributed by atoms with van der Waals surface area (Å²) in [6.07, 6.45) is -1.58. The molecule has 1 aliphatic rings. The van der Waals surface area contributed by atoms with Gasteiger partial charge in [-0.1, -0.05) is 40.9 Å². The minimum Gasteiger partial charge on any atom is -0.475 e. The summed E-state index contributed by atoms with van der Waals surface area (Å²) in [6, 6.07) is 9.44. The first-order chi connectivity index (χ1) is 19.8. The predicted octanol–water partition coefficient (Wildman–Crippen LogP) is 5.31. The Morgan fingerprint density at radius 2 is 1.69 bits per heavy atom. The maximum absolute atomic E-state index is 14.7. The number of carboxylic acids is 1. The van der Waals surface area contributed by atoms with Crippen LogP contribution in [0.2, 0.25) is 15.2 Å². The van der Waals surface area contributed by atoms with Crippen molar-refractivity contribution in [1.29, 1.82) is 0 Å². The normalized spacial score (nSPS) is 13.6. The van der Waals surface area contributed by atoms with Crippen molar-refractivity contribution in [1.82, 2.24) is 19.3 Å². The van der Waals surface area contributed by atoms with Gasteiger partial charge in [-0.05, 0) is 35.9 Å². The van der Waals surface area contributed by atoms with Crippen LogP contribution in [0.1, 0.15) is 21.6 Å². The highest BCUT2D eigenvalue weighted by Crippen LogP contribution is 2.28. The lowest BCUT2D eigenvalue weighted by atomic mass is 10.0. The average molecular weight is 649 g/mol. The number of alkyl halides is 3. The van der Waals surface area contributed by atoms with Gasteiger partial charge in [-0.2, -0.15) is 13.2 Å². The summed E-state index contributed by atoms with van der Waals surface area (Å²) in [7, 11) is 0. The van der Waals surface area contributed by atoms with Crippen molar-refractivity contribution in [2.45, 2.75) is 12.6 Å². The van der Waals surface area contributed by atoms with Gasteiger partial charge in [0.25, 0.3) is 11.5 Å². The molecular formula is C26H20Cl3F4N5O4. The lowest BCUT2D eigenvalue weighted by molar-refractivity contribution is -0.192. The standard InChI is InChI=1S/C24H19Cl3FN5O2.C2HF3O2/c25-17-2-1-5-29-22(17)31-6-8-32(9-7-31)24(35)16-11-14(3-4-19(16)28)10-15-13-30-23(34)20-12-18(26)21(27)33(15)20;3-2(4,5)1(6)7/h1-5,11-13H,6-10H2,(H,30,34);(H,6,7). The molecule has 0 spiro atoms. The van der Waals surface area contributed by atoms with Crippen LogP contribution in [0, 0.1) is 5.82 Å². The van der Waals surface area contributed by atoms with E-state index in [-0.39, 0.29) is 27.2 Å². The van der Waals surface area contributed by atoms with Crippen molar-refractivity contribution >= 4 is 58.0 Å². The Hall–Kier alpha value is -3.81. The number of piperazine rings is 1. The number of nitrogens with one attached hydrogen (secondary N) is 1. The van der Waals surface area contributed by atoms with Gasteiger partial charge in [0, 0.05) is 50.7 Å². The Labute approximate surface area is 249 Å². The highest BCUT2D eigenvalue weighted by Gasteiger charge is 2.38. The lowest BCUT2D eigenvalue weighted by Crippen LogP contribution is -2.49. The van der Waals surface area contributed by atoms with Gasteiger partial charge in [0.1, 0.15) is 22.3 Å². The SMILES string of the molecule is O=C(O)C(F)(F)F.O=C(c1cc(Cc2c[nH]c(=O)c3cc(Cl)c(Cl)n23)ccc1F)N1CCN(c2ncccc2Cl)CC1. The molecule has 4 heterocycles. The molecule has 0 saturated carbocycles. The second-order valence-electron chi connectivity index (χ2n) is 8.99. The van der Waals surface area contributed by atoms with Crippen LogP contribution in [0.25, 0.3) is 5.52 Å².